The summed E-state index contributed by atoms with van der Waals surface area (Å²) < 4.78 is 19.8. The number of halogens is 1. The van der Waals surface area contributed by atoms with Crippen molar-refractivity contribution in [3.63, 3.8) is 0 Å². The monoisotopic (exact) mass is 234 g/mol. The van der Waals surface area contributed by atoms with Crippen LogP contribution in [0.3, 0.4) is 0 Å². The minimum absolute atomic E-state index is 0.172. The maximum atomic E-state index is 13.1. The summed E-state index contributed by atoms with van der Waals surface area (Å²) in [5.74, 6) is -0.505. The van der Waals surface area contributed by atoms with Gasteiger partial charge in [0, 0.05) is 13.2 Å². The third kappa shape index (κ3) is 2.18. The summed E-state index contributed by atoms with van der Waals surface area (Å²) in [6.45, 7) is 0. The number of aromatic nitrogens is 2. The molecule has 0 atom stereocenters. The van der Waals surface area contributed by atoms with Crippen LogP contribution >= 0.6 is 0 Å². The van der Waals surface area contributed by atoms with Crippen molar-refractivity contribution in [1.29, 1.82) is 0 Å². The number of hydrogen-bond acceptors (Lipinski definition) is 3. The van der Waals surface area contributed by atoms with Gasteiger partial charge in [-0.1, -0.05) is 0 Å². The average Bonchev–Trinajstić information content (AvgIpc) is 2.75. The molecule has 17 heavy (non-hydrogen) atoms. The van der Waals surface area contributed by atoms with Gasteiger partial charge in [-0.05, 0) is 18.2 Å². The molecule has 1 aromatic heterocycles. The van der Waals surface area contributed by atoms with Crippen molar-refractivity contribution in [2.45, 2.75) is 0 Å². The van der Waals surface area contributed by atoms with E-state index in [1.165, 1.54) is 25.6 Å². The van der Waals surface area contributed by atoms with Crippen LogP contribution in [-0.4, -0.2) is 22.4 Å². The lowest BCUT2D eigenvalue weighted by Gasteiger charge is -2.05. The lowest BCUT2D eigenvalue weighted by molar-refractivity contribution is 0.103. The highest BCUT2D eigenvalue weighted by atomic mass is 19.1. The quantitative estimate of drug-likeness (QED) is 0.760. The molecule has 0 aliphatic rings. The van der Waals surface area contributed by atoms with E-state index in [0.29, 0.717) is 5.75 Å². The van der Waals surface area contributed by atoms with Crippen LogP contribution in [0.2, 0.25) is 0 Å². The molecule has 0 amide bonds. The molecule has 5 heteroatoms. The van der Waals surface area contributed by atoms with Crippen molar-refractivity contribution in [3.05, 3.63) is 47.8 Å². The van der Waals surface area contributed by atoms with Crippen molar-refractivity contribution in [2.75, 3.05) is 7.11 Å². The van der Waals surface area contributed by atoms with Crippen LogP contribution in [0.1, 0.15) is 16.1 Å². The fraction of sp³-hybridized carbons (Fsp3) is 0.167. The van der Waals surface area contributed by atoms with Gasteiger partial charge in [0.1, 0.15) is 17.3 Å². The molecule has 0 fully saturated rings. The molecular formula is C12H11FN2O2. The van der Waals surface area contributed by atoms with Gasteiger partial charge in [-0.2, -0.15) is 0 Å². The third-order valence-electron chi connectivity index (χ3n) is 2.34. The van der Waals surface area contributed by atoms with Gasteiger partial charge in [-0.25, -0.2) is 9.37 Å². The molecule has 0 spiro atoms. The molecule has 0 bridgehead atoms. The van der Waals surface area contributed by atoms with Crippen LogP contribution in [-0.2, 0) is 7.05 Å². The van der Waals surface area contributed by atoms with Crippen molar-refractivity contribution in [3.8, 4) is 5.75 Å². The normalized spacial score (nSPS) is 10.3. The Labute approximate surface area is 97.7 Å². The Morgan fingerprint density at radius 2 is 2.24 bits per heavy atom. The first kappa shape index (κ1) is 11.3. The number of ether oxygens (including phenoxy) is 1. The van der Waals surface area contributed by atoms with Gasteiger partial charge in [0.05, 0.1) is 19.0 Å². The number of carbonyl (C=O) groups is 1. The molecule has 2 aromatic rings. The maximum Gasteiger partial charge on any atom is 0.216 e. The topological polar surface area (TPSA) is 44.1 Å². The second-order valence-corrected chi connectivity index (χ2v) is 3.60. The Balaban J connectivity index is 2.46. The molecule has 0 aliphatic carbocycles. The molecule has 0 saturated carbocycles. The molecule has 1 heterocycles. The zero-order chi connectivity index (χ0) is 12.4. The van der Waals surface area contributed by atoms with Crippen molar-refractivity contribution >= 4 is 5.78 Å². The standard InChI is InChI=1S/C12H11FN2O2/c1-15-6-10(14-7-15)12(16)9-5-8(13)3-4-11(9)17-2/h3-7H,1-2H3. The lowest BCUT2D eigenvalue weighted by Crippen LogP contribution is -2.05. The maximum absolute atomic E-state index is 13.1. The summed E-state index contributed by atoms with van der Waals surface area (Å²) in [6.07, 6.45) is 3.09. The van der Waals surface area contributed by atoms with E-state index in [9.17, 15) is 9.18 Å². The van der Waals surface area contributed by atoms with Gasteiger partial charge >= 0.3 is 0 Å². The fourth-order valence-corrected chi connectivity index (χ4v) is 1.53. The molecule has 0 saturated heterocycles. The minimum atomic E-state index is -0.481. The average molecular weight is 234 g/mol. The summed E-state index contributed by atoms with van der Waals surface area (Å²) in [5, 5.41) is 0. The van der Waals surface area contributed by atoms with Gasteiger partial charge in [0.2, 0.25) is 5.78 Å². The van der Waals surface area contributed by atoms with Crippen LogP contribution in [0.15, 0.2) is 30.7 Å². The smallest absolute Gasteiger partial charge is 0.216 e. The van der Waals surface area contributed by atoms with Gasteiger partial charge in [0.15, 0.2) is 0 Å². The van der Waals surface area contributed by atoms with E-state index in [4.69, 9.17) is 4.74 Å². The fourth-order valence-electron chi connectivity index (χ4n) is 1.53. The highest BCUT2D eigenvalue weighted by Gasteiger charge is 2.17. The third-order valence-corrected chi connectivity index (χ3v) is 2.34. The molecule has 0 radical (unpaired) electrons. The molecule has 4 nitrogen and oxygen atoms in total. The predicted octanol–water partition coefficient (Wildman–Crippen LogP) is 1.80. The van der Waals surface area contributed by atoms with Crippen LogP contribution in [0.25, 0.3) is 0 Å². The van der Waals surface area contributed by atoms with Crippen LogP contribution in [0.4, 0.5) is 4.39 Å². The van der Waals surface area contributed by atoms with Crippen molar-refractivity contribution in [1.82, 2.24) is 9.55 Å². The molecular weight excluding hydrogens is 223 g/mol. The van der Waals surface area contributed by atoms with Crippen LogP contribution in [0.5, 0.6) is 5.75 Å². The van der Waals surface area contributed by atoms with E-state index in [1.54, 1.807) is 17.8 Å². The van der Waals surface area contributed by atoms with Crippen molar-refractivity contribution in [2.24, 2.45) is 7.05 Å². The number of hydrogen-bond donors (Lipinski definition) is 0. The highest BCUT2D eigenvalue weighted by molar-refractivity contribution is 6.09. The number of nitrogens with zero attached hydrogens (tertiary/aromatic N) is 2. The highest BCUT2D eigenvalue weighted by Crippen LogP contribution is 2.21. The summed E-state index contributed by atoms with van der Waals surface area (Å²) in [6, 6.07) is 3.81. The number of aryl methyl sites for hydroxylation is 1. The number of ketones is 1. The summed E-state index contributed by atoms with van der Waals surface area (Å²) >= 11 is 0. The largest absolute Gasteiger partial charge is 0.496 e. The van der Waals surface area contributed by atoms with Gasteiger partial charge in [-0.15, -0.1) is 0 Å². The van der Waals surface area contributed by atoms with Gasteiger partial charge < -0.3 is 9.30 Å². The molecule has 0 N–H and O–H groups in total. The SMILES string of the molecule is COc1ccc(F)cc1C(=O)c1cn(C)cn1. The Hall–Kier alpha value is -2.17. The van der Waals surface area contributed by atoms with Crippen molar-refractivity contribution < 1.29 is 13.9 Å². The number of imidazole rings is 1. The second kappa shape index (κ2) is 4.37. The first-order chi connectivity index (χ1) is 8.11. The Bertz CT molecular complexity index is 563. The molecule has 0 aliphatic heterocycles. The second-order valence-electron chi connectivity index (χ2n) is 3.60. The van der Waals surface area contributed by atoms with Gasteiger partial charge in [0.25, 0.3) is 0 Å². The molecule has 88 valence electrons. The van der Waals surface area contributed by atoms with E-state index in [0.717, 1.165) is 6.07 Å². The zero-order valence-electron chi connectivity index (χ0n) is 9.48. The molecule has 2 rings (SSSR count). The molecule has 0 unspecified atom stereocenters. The predicted molar refractivity (Wildman–Crippen MR) is 59.6 cm³/mol. The minimum Gasteiger partial charge on any atom is -0.496 e. The summed E-state index contributed by atoms with van der Waals surface area (Å²) in [7, 11) is 3.19. The summed E-state index contributed by atoms with van der Waals surface area (Å²) in [4.78, 5) is 16.0. The Morgan fingerprint density at radius 1 is 1.47 bits per heavy atom. The number of benzene rings is 1. The Kier molecular flexibility index (Phi) is 2.91. The zero-order valence-corrected chi connectivity index (χ0v) is 9.48. The first-order valence-electron chi connectivity index (χ1n) is 4.98. The van der Waals surface area contributed by atoms with E-state index >= 15 is 0 Å². The molecule has 1 aromatic carbocycles. The lowest BCUT2D eigenvalue weighted by atomic mass is 10.1. The van der Waals surface area contributed by atoms with Crippen LogP contribution < -0.4 is 4.74 Å². The number of rotatable bonds is 3. The summed E-state index contributed by atoms with van der Waals surface area (Å²) in [5.41, 5.74) is 0.433. The number of methoxy groups -OCH3 is 1. The number of carbonyl (C=O) groups excluding carboxylic acids is 1. The Morgan fingerprint density at radius 3 is 2.82 bits per heavy atom. The van der Waals surface area contributed by atoms with E-state index in [2.05, 4.69) is 4.98 Å². The van der Waals surface area contributed by atoms with Crippen LogP contribution in [0, 0.1) is 5.82 Å². The van der Waals surface area contributed by atoms with E-state index in [-0.39, 0.29) is 17.0 Å². The van der Waals surface area contributed by atoms with Gasteiger partial charge in [-0.3, -0.25) is 4.79 Å². The van der Waals surface area contributed by atoms with E-state index < -0.39 is 5.82 Å². The van der Waals surface area contributed by atoms with E-state index in [1.807, 2.05) is 0 Å². The first-order valence-corrected chi connectivity index (χ1v) is 4.98.